The number of nitrogens with zero attached hydrogens (tertiary/aromatic N) is 1. The summed E-state index contributed by atoms with van der Waals surface area (Å²) in [6.07, 6.45) is 3.88. The average molecular weight is 263 g/mol. The molecule has 2 aromatic rings. The van der Waals surface area contributed by atoms with Gasteiger partial charge in [0.15, 0.2) is 0 Å². The first-order valence-corrected chi connectivity index (χ1v) is 6.61. The number of hydrogen-bond donors (Lipinski definition) is 1. The summed E-state index contributed by atoms with van der Waals surface area (Å²) >= 11 is 6.22. The van der Waals surface area contributed by atoms with Gasteiger partial charge in [-0.15, -0.1) is 0 Å². The molecular weight excluding hydrogens is 248 g/mol. The van der Waals surface area contributed by atoms with Gasteiger partial charge in [0.1, 0.15) is 5.76 Å². The van der Waals surface area contributed by atoms with Crippen molar-refractivity contribution < 1.29 is 4.52 Å². The van der Waals surface area contributed by atoms with Gasteiger partial charge in [0.2, 0.25) is 0 Å². The number of rotatable bonds is 3. The Hall–Kier alpha value is -1.32. The molecule has 0 saturated carbocycles. The predicted molar refractivity (Wildman–Crippen MR) is 71.6 cm³/mol. The van der Waals surface area contributed by atoms with Crippen molar-refractivity contribution in [3.05, 3.63) is 41.2 Å². The van der Waals surface area contributed by atoms with Gasteiger partial charge in [0.25, 0.3) is 0 Å². The van der Waals surface area contributed by atoms with Crippen molar-refractivity contribution in [1.82, 2.24) is 10.5 Å². The molecule has 0 spiro atoms. The SMILES string of the molecule is Clc1ccccc1-c1cnoc1CC1CCNC1. The zero-order chi connectivity index (χ0) is 12.4. The highest BCUT2D eigenvalue weighted by molar-refractivity contribution is 6.33. The van der Waals surface area contributed by atoms with Gasteiger partial charge < -0.3 is 9.84 Å². The Morgan fingerprint density at radius 1 is 1.33 bits per heavy atom. The minimum absolute atomic E-state index is 0.638. The molecule has 3 rings (SSSR count). The molecule has 4 heteroatoms. The van der Waals surface area contributed by atoms with Crippen molar-refractivity contribution in [3.8, 4) is 11.1 Å². The molecule has 0 radical (unpaired) electrons. The third-order valence-electron chi connectivity index (χ3n) is 3.45. The summed E-state index contributed by atoms with van der Waals surface area (Å²) < 4.78 is 5.40. The lowest BCUT2D eigenvalue weighted by molar-refractivity contribution is 0.364. The molecule has 1 aliphatic heterocycles. The molecule has 18 heavy (non-hydrogen) atoms. The summed E-state index contributed by atoms with van der Waals surface area (Å²) in [5, 5.41) is 8.04. The van der Waals surface area contributed by atoms with Gasteiger partial charge in [-0.3, -0.25) is 0 Å². The van der Waals surface area contributed by atoms with Crippen molar-refractivity contribution in [2.45, 2.75) is 12.8 Å². The van der Waals surface area contributed by atoms with E-state index in [9.17, 15) is 0 Å². The number of hydrogen-bond acceptors (Lipinski definition) is 3. The third kappa shape index (κ3) is 2.28. The van der Waals surface area contributed by atoms with E-state index in [-0.39, 0.29) is 0 Å². The molecule has 0 aliphatic carbocycles. The molecular formula is C14H15ClN2O. The summed E-state index contributed by atoms with van der Waals surface area (Å²) in [4.78, 5) is 0. The van der Waals surface area contributed by atoms with E-state index in [1.807, 2.05) is 24.3 Å². The van der Waals surface area contributed by atoms with Crippen LogP contribution in [0.1, 0.15) is 12.2 Å². The van der Waals surface area contributed by atoms with E-state index in [2.05, 4.69) is 10.5 Å². The Morgan fingerprint density at radius 3 is 3.00 bits per heavy atom. The third-order valence-corrected chi connectivity index (χ3v) is 3.78. The standard InChI is InChI=1S/C14H15ClN2O/c15-13-4-2-1-3-11(13)12-9-17-18-14(12)7-10-5-6-16-8-10/h1-4,9-10,16H,5-8H2. The van der Waals surface area contributed by atoms with Crippen molar-refractivity contribution in [1.29, 1.82) is 0 Å². The topological polar surface area (TPSA) is 38.1 Å². The van der Waals surface area contributed by atoms with Crippen LogP contribution in [0.4, 0.5) is 0 Å². The lowest BCUT2D eigenvalue weighted by Crippen LogP contribution is -2.10. The molecule has 94 valence electrons. The van der Waals surface area contributed by atoms with Crippen molar-refractivity contribution in [3.63, 3.8) is 0 Å². The maximum Gasteiger partial charge on any atom is 0.144 e. The maximum absolute atomic E-state index is 6.22. The van der Waals surface area contributed by atoms with Gasteiger partial charge in [-0.05, 0) is 31.5 Å². The quantitative estimate of drug-likeness (QED) is 0.923. The predicted octanol–water partition coefficient (Wildman–Crippen LogP) is 3.15. The largest absolute Gasteiger partial charge is 0.361 e. The highest BCUT2D eigenvalue weighted by Gasteiger charge is 2.20. The van der Waals surface area contributed by atoms with Gasteiger partial charge in [0, 0.05) is 22.6 Å². The van der Waals surface area contributed by atoms with Crippen LogP contribution in [0, 0.1) is 5.92 Å². The highest BCUT2D eigenvalue weighted by atomic mass is 35.5. The minimum Gasteiger partial charge on any atom is -0.361 e. The molecule has 2 heterocycles. The van der Waals surface area contributed by atoms with Crippen molar-refractivity contribution in [2.75, 3.05) is 13.1 Å². The van der Waals surface area contributed by atoms with Crippen molar-refractivity contribution >= 4 is 11.6 Å². The first-order valence-electron chi connectivity index (χ1n) is 6.24. The fraction of sp³-hybridized carbons (Fsp3) is 0.357. The second-order valence-corrected chi connectivity index (χ2v) is 5.11. The molecule has 1 aromatic carbocycles. The Labute approximate surface area is 111 Å². The molecule has 1 fully saturated rings. The molecule has 1 unspecified atom stereocenters. The smallest absolute Gasteiger partial charge is 0.144 e. The van der Waals surface area contributed by atoms with Gasteiger partial charge in [0.05, 0.1) is 6.20 Å². The van der Waals surface area contributed by atoms with E-state index in [0.717, 1.165) is 41.4 Å². The summed E-state index contributed by atoms with van der Waals surface area (Å²) in [6.45, 7) is 2.16. The fourth-order valence-corrected chi connectivity index (χ4v) is 2.70. The highest BCUT2D eigenvalue weighted by Crippen LogP contribution is 2.31. The Balaban J connectivity index is 1.89. The number of benzene rings is 1. The van der Waals surface area contributed by atoms with E-state index in [1.165, 1.54) is 6.42 Å². The maximum atomic E-state index is 6.22. The number of aromatic nitrogens is 1. The van der Waals surface area contributed by atoms with Gasteiger partial charge in [-0.1, -0.05) is 35.0 Å². The van der Waals surface area contributed by atoms with Crippen LogP contribution in [0.5, 0.6) is 0 Å². The monoisotopic (exact) mass is 262 g/mol. The van der Waals surface area contributed by atoms with Crippen LogP contribution in [-0.4, -0.2) is 18.2 Å². The summed E-state index contributed by atoms with van der Waals surface area (Å²) in [5.74, 6) is 1.58. The van der Waals surface area contributed by atoms with Crippen LogP contribution in [0.2, 0.25) is 5.02 Å². The van der Waals surface area contributed by atoms with Gasteiger partial charge in [-0.2, -0.15) is 0 Å². The molecule has 0 amide bonds. The first-order chi connectivity index (χ1) is 8.84. The van der Waals surface area contributed by atoms with Crippen LogP contribution >= 0.6 is 11.6 Å². The molecule has 1 atom stereocenters. The number of nitrogens with one attached hydrogen (secondary N) is 1. The van der Waals surface area contributed by atoms with Crippen LogP contribution in [0.15, 0.2) is 35.0 Å². The fourth-order valence-electron chi connectivity index (χ4n) is 2.46. The molecule has 1 aromatic heterocycles. The Morgan fingerprint density at radius 2 is 2.22 bits per heavy atom. The van der Waals surface area contributed by atoms with E-state index in [4.69, 9.17) is 16.1 Å². The Kier molecular flexibility index (Phi) is 3.35. The number of halogens is 1. The minimum atomic E-state index is 0.638. The van der Waals surface area contributed by atoms with Crippen LogP contribution in [-0.2, 0) is 6.42 Å². The van der Waals surface area contributed by atoms with E-state index in [1.54, 1.807) is 6.20 Å². The molecule has 1 saturated heterocycles. The summed E-state index contributed by atoms with van der Waals surface area (Å²) in [6, 6.07) is 7.81. The molecule has 1 N–H and O–H groups in total. The molecule has 3 nitrogen and oxygen atoms in total. The zero-order valence-electron chi connectivity index (χ0n) is 10.0. The second kappa shape index (κ2) is 5.12. The first kappa shape index (κ1) is 11.8. The zero-order valence-corrected chi connectivity index (χ0v) is 10.8. The van der Waals surface area contributed by atoms with Crippen LogP contribution < -0.4 is 5.32 Å². The average Bonchev–Trinajstić information content (AvgIpc) is 3.02. The molecule has 1 aliphatic rings. The van der Waals surface area contributed by atoms with E-state index in [0.29, 0.717) is 5.92 Å². The van der Waals surface area contributed by atoms with Crippen LogP contribution in [0.25, 0.3) is 11.1 Å². The van der Waals surface area contributed by atoms with E-state index >= 15 is 0 Å². The van der Waals surface area contributed by atoms with Crippen LogP contribution in [0.3, 0.4) is 0 Å². The normalized spacial score (nSPS) is 19.3. The molecule has 0 bridgehead atoms. The summed E-state index contributed by atoms with van der Waals surface area (Å²) in [5.41, 5.74) is 2.02. The second-order valence-electron chi connectivity index (χ2n) is 4.71. The van der Waals surface area contributed by atoms with Gasteiger partial charge >= 0.3 is 0 Å². The Bertz CT molecular complexity index is 532. The van der Waals surface area contributed by atoms with E-state index < -0.39 is 0 Å². The lowest BCUT2D eigenvalue weighted by Gasteiger charge is -2.07. The lowest BCUT2D eigenvalue weighted by atomic mass is 9.98. The summed E-state index contributed by atoms with van der Waals surface area (Å²) in [7, 11) is 0. The van der Waals surface area contributed by atoms with Crippen molar-refractivity contribution in [2.24, 2.45) is 5.92 Å². The van der Waals surface area contributed by atoms with Gasteiger partial charge in [-0.25, -0.2) is 0 Å².